The average molecular weight is 334 g/mol. The second kappa shape index (κ2) is 7.23. The molecule has 2 saturated carbocycles. The van der Waals surface area contributed by atoms with E-state index in [9.17, 15) is 0 Å². The number of hydrogen-bond acceptors (Lipinski definition) is 2. The van der Waals surface area contributed by atoms with Gasteiger partial charge in [-0.3, -0.25) is 4.99 Å². The first-order chi connectivity index (χ1) is 11.8. The molecule has 4 fully saturated rings. The van der Waals surface area contributed by atoms with Gasteiger partial charge in [-0.1, -0.05) is 32.1 Å². The zero-order chi connectivity index (χ0) is 16.4. The van der Waals surface area contributed by atoms with Crippen LogP contribution in [0.1, 0.15) is 64.7 Å². The molecular formula is C20H35N3O. The molecule has 2 aliphatic heterocycles. The van der Waals surface area contributed by atoms with Crippen LogP contribution in [0.15, 0.2) is 4.99 Å². The third kappa shape index (κ3) is 3.58. The van der Waals surface area contributed by atoms with Crippen molar-refractivity contribution in [3.05, 3.63) is 0 Å². The van der Waals surface area contributed by atoms with E-state index in [-0.39, 0.29) is 0 Å². The lowest BCUT2D eigenvalue weighted by Gasteiger charge is -2.33. The van der Waals surface area contributed by atoms with Crippen molar-refractivity contribution in [3.8, 4) is 0 Å². The largest absolute Gasteiger partial charge is 0.381 e. The molecule has 0 radical (unpaired) electrons. The van der Waals surface area contributed by atoms with Gasteiger partial charge in [-0.05, 0) is 49.9 Å². The number of rotatable bonds is 3. The first-order valence-electron chi connectivity index (χ1n) is 10.4. The Hall–Kier alpha value is -0.770. The predicted octanol–water partition coefficient (Wildman–Crippen LogP) is 3.42. The third-order valence-corrected chi connectivity index (χ3v) is 7.01. The Labute approximate surface area is 147 Å². The second-order valence-corrected chi connectivity index (χ2v) is 8.63. The Kier molecular flexibility index (Phi) is 5.03. The standard InChI is InChI=1S/C20H35N3O/c1-2-21-19(22-18-14-17(18)16-6-4-3-5-7-16)23-11-8-20(15-23)9-12-24-13-10-20/h16-18H,2-15H2,1H3,(H,21,22). The van der Waals surface area contributed by atoms with Gasteiger partial charge in [-0.2, -0.15) is 0 Å². The van der Waals surface area contributed by atoms with Gasteiger partial charge >= 0.3 is 0 Å². The van der Waals surface area contributed by atoms with Crippen molar-refractivity contribution < 1.29 is 4.74 Å². The predicted molar refractivity (Wildman–Crippen MR) is 98.3 cm³/mol. The monoisotopic (exact) mass is 333 g/mol. The third-order valence-electron chi connectivity index (χ3n) is 7.01. The molecule has 0 aromatic heterocycles. The maximum atomic E-state index is 5.59. The van der Waals surface area contributed by atoms with E-state index < -0.39 is 0 Å². The van der Waals surface area contributed by atoms with Crippen molar-refractivity contribution in [2.75, 3.05) is 32.8 Å². The molecule has 2 unspecified atom stereocenters. The molecule has 4 aliphatic rings. The van der Waals surface area contributed by atoms with E-state index in [1.807, 2.05) is 0 Å². The molecule has 2 heterocycles. The van der Waals surface area contributed by atoms with Crippen molar-refractivity contribution in [3.63, 3.8) is 0 Å². The lowest BCUT2D eigenvalue weighted by Crippen LogP contribution is -2.44. The molecule has 2 atom stereocenters. The van der Waals surface area contributed by atoms with Crippen LogP contribution in [-0.4, -0.2) is 49.7 Å². The van der Waals surface area contributed by atoms with Gasteiger partial charge in [0, 0.05) is 38.9 Å². The van der Waals surface area contributed by atoms with Crippen molar-refractivity contribution in [1.29, 1.82) is 0 Å². The fraction of sp³-hybridized carbons (Fsp3) is 0.950. The van der Waals surface area contributed by atoms with Crippen LogP contribution < -0.4 is 5.32 Å². The van der Waals surface area contributed by atoms with E-state index in [1.165, 1.54) is 76.8 Å². The van der Waals surface area contributed by atoms with E-state index in [0.717, 1.165) is 31.6 Å². The summed E-state index contributed by atoms with van der Waals surface area (Å²) in [4.78, 5) is 7.39. The lowest BCUT2D eigenvalue weighted by atomic mass is 9.80. The molecule has 4 rings (SSSR count). The van der Waals surface area contributed by atoms with Gasteiger partial charge in [0.2, 0.25) is 0 Å². The van der Waals surface area contributed by atoms with E-state index in [4.69, 9.17) is 9.73 Å². The smallest absolute Gasteiger partial charge is 0.194 e. The zero-order valence-corrected chi connectivity index (χ0v) is 15.4. The van der Waals surface area contributed by atoms with Crippen LogP contribution in [0.3, 0.4) is 0 Å². The van der Waals surface area contributed by atoms with Crippen LogP contribution >= 0.6 is 0 Å². The minimum Gasteiger partial charge on any atom is -0.381 e. The highest BCUT2D eigenvalue weighted by Gasteiger charge is 2.45. The average Bonchev–Trinajstić information content (AvgIpc) is 3.29. The highest BCUT2D eigenvalue weighted by atomic mass is 16.5. The number of guanidine groups is 1. The first kappa shape index (κ1) is 16.7. The molecule has 1 spiro atoms. The van der Waals surface area contributed by atoms with Crippen LogP contribution in [0.2, 0.25) is 0 Å². The summed E-state index contributed by atoms with van der Waals surface area (Å²) in [6, 6.07) is 0.699. The number of nitrogens with one attached hydrogen (secondary N) is 1. The molecule has 4 nitrogen and oxygen atoms in total. The minimum atomic E-state index is 0.501. The summed E-state index contributed by atoms with van der Waals surface area (Å²) in [5.41, 5.74) is 0.501. The Balaban J connectivity index is 1.33. The van der Waals surface area contributed by atoms with E-state index in [0.29, 0.717) is 11.5 Å². The van der Waals surface area contributed by atoms with Crippen molar-refractivity contribution in [2.45, 2.75) is 70.8 Å². The maximum Gasteiger partial charge on any atom is 0.194 e. The van der Waals surface area contributed by atoms with E-state index in [1.54, 1.807) is 0 Å². The van der Waals surface area contributed by atoms with Gasteiger partial charge in [0.1, 0.15) is 0 Å². The first-order valence-corrected chi connectivity index (χ1v) is 10.4. The Bertz CT molecular complexity index is 452. The molecule has 2 aliphatic carbocycles. The highest BCUT2D eigenvalue weighted by molar-refractivity contribution is 5.81. The SMILES string of the molecule is CCN=C(NC1CC1C1CCCCC1)N1CCC2(CCOCC2)C1. The van der Waals surface area contributed by atoms with Crippen LogP contribution in [0, 0.1) is 17.3 Å². The van der Waals surface area contributed by atoms with E-state index >= 15 is 0 Å². The second-order valence-electron chi connectivity index (χ2n) is 8.63. The minimum absolute atomic E-state index is 0.501. The van der Waals surface area contributed by atoms with Crippen LogP contribution in [0.5, 0.6) is 0 Å². The molecule has 1 N–H and O–H groups in total. The summed E-state index contributed by atoms with van der Waals surface area (Å²) in [7, 11) is 0. The van der Waals surface area contributed by atoms with E-state index in [2.05, 4.69) is 17.1 Å². The maximum absolute atomic E-state index is 5.59. The van der Waals surface area contributed by atoms with Gasteiger partial charge in [-0.15, -0.1) is 0 Å². The topological polar surface area (TPSA) is 36.9 Å². The molecule has 136 valence electrons. The number of hydrogen-bond donors (Lipinski definition) is 1. The summed E-state index contributed by atoms with van der Waals surface area (Å²) in [5.74, 6) is 3.11. The Morgan fingerprint density at radius 3 is 2.71 bits per heavy atom. The van der Waals surface area contributed by atoms with Crippen molar-refractivity contribution in [2.24, 2.45) is 22.2 Å². The number of likely N-dealkylation sites (tertiary alicyclic amines) is 1. The van der Waals surface area contributed by atoms with Crippen LogP contribution in [-0.2, 0) is 4.74 Å². The molecule has 24 heavy (non-hydrogen) atoms. The number of nitrogens with zero attached hydrogens (tertiary/aromatic N) is 2. The van der Waals surface area contributed by atoms with Crippen molar-refractivity contribution >= 4 is 5.96 Å². The zero-order valence-electron chi connectivity index (χ0n) is 15.4. The molecular weight excluding hydrogens is 298 g/mol. The van der Waals surface area contributed by atoms with Gasteiger partial charge in [-0.25, -0.2) is 0 Å². The molecule has 0 bridgehead atoms. The summed E-state index contributed by atoms with van der Waals surface area (Å²) in [6.45, 7) is 7.31. The lowest BCUT2D eigenvalue weighted by molar-refractivity contribution is 0.0217. The van der Waals surface area contributed by atoms with Gasteiger partial charge in [0.15, 0.2) is 5.96 Å². The quantitative estimate of drug-likeness (QED) is 0.635. The van der Waals surface area contributed by atoms with Crippen LogP contribution in [0.25, 0.3) is 0 Å². The van der Waals surface area contributed by atoms with Gasteiger partial charge in [0.05, 0.1) is 0 Å². The molecule has 0 amide bonds. The fourth-order valence-corrected chi connectivity index (χ4v) is 5.34. The molecule has 4 heteroatoms. The van der Waals surface area contributed by atoms with Crippen LogP contribution in [0.4, 0.5) is 0 Å². The summed E-state index contributed by atoms with van der Waals surface area (Å²) in [6.07, 6.45) is 12.5. The van der Waals surface area contributed by atoms with Gasteiger partial charge < -0.3 is 15.0 Å². The molecule has 0 aromatic rings. The summed E-state index contributed by atoms with van der Waals surface area (Å²) >= 11 is 0. The Morgan fingerprint density at radius 2 is 1.96 bits per heavy atom. The fourth-order valence-electron chi connectivity index (χ4n) is 5.34. The normalized spacial score (nSPS) is 33.9. The number of aliphatic imine (C=N–C) groups is 1. The summed E-state index contributed by atoms with van der Waals surface area (Å²) in [5, 5.41) is 3.85. The number of ether oxygens (including phenoxy) is 1. The summed E-state index contributed by atoms with van der Waals surface area (Å²) < 4.78 is 5.59. The Morgan fingerprint density at radius 1 is 1.17 bits per heavy atom. The molecule has 0 aromatic carbocycles. The highest BCUT2D eigenvalue weighted by Crippen LogP contribution is 2.45. The molecule has 2 saturated heterocycles. The van der Waals surface area contributed by atoms with Gasteiger partial charge in [0.25, 0.3) is 0 Å². The van der Waals surface area contributed by atoms with Crippen molar-refractivity contribution in [1.82, 2.24) is 10.2 Å².